The fraction of sp³-hybridized carbons (Fsp3) is 0.600. The van der Waals surface area contributed by atoms with Gasteiger partial charge < -0.3 is 19.5 Å². The van der Waals surface area contributed by atoms with Gasteiger partial charge in [-0.3, -0.25) is 0 Å². The number of methoxy groups -OCH3 is 3. The Bertz CT molecular complexity index is 393. The summed E-state index contributed by atoms with van der Waals surface area (Å²) in [6.07, 6.45) is 2.08. The van der Waals surface area contributed by atoms with Crippen molar-refractivity contribution in [2.75, 3.05) is 34.9 Å². The van der Waals surface area contributed by atoms with Gasteiger partial charge in [0.15, 0.2) is 11.5 Å². The number of hydrogen-bond acceptors (Lipinski definition) is 4. The third kappa shape index (κ3) is 4.03. The van der Waals surface area contributed by atoms with E-state index in [9.17, 15) is 0 Å². The molecule has 0 bridgehead atoms. The number of rotatable bonds is 8. The zero-order chi connectivity index (χ0) is 14.3. The van der Waals surface area contributed by atoms with E-state index in [1.165, 1.54) is 0 Å². The number of hydrogen-bond donors (Lipinski definition) is 1. The average molecular weight is 267 g/mol. The van der Waals surface area contributed by atoms with Crippen molar-refractivity contribution in [3.8, 4) is 17.2 Å². The van der Waals surface area contributed by atoms with E-state index in [4.69, 9.17) is 14.2 Å². The van der Waals surface area contributed by atoms with Crippen LogP contribution >= 0.6 is 0 Å². The average Bonchev–Trinajstić information content (AvgIpc) is 2.45. The number of ether oxygens (including phenoxy) is 3. The maximum atomic E-state index is 5.45. The molecule has 0 aliphatic rings. The summed E-state index contributed by atoms with van der Waals surface area (Å²) in [7, 11) is 6.95. The second-order valence-corrected chi connectivity index (χ2v) is 4.56. The van der Waals surface area contributed by atoms with E-state index in [1.807, 2.05) is 19.2 Å². The standard InChI is InChI=1S/C15H25NO3/c1-6-11(10-16-2)7-12-8-14(18-4)15(19-5)9-13(12)17-3/h8-9,11,16H,6-7,10H2,1-5H3. The minimum Gasteiger partial charge on any atom is -0.496 e. The minimum absolute atomic E-state index is 0.581. The van der Waals surface area contributed by atoms with Crippen LogP contribution in [-0.2, 0) is 6.42 Å². The summed E-state index contributed by atoms with van der Waals surface area (Å²) in [5.74, 6) is 2.88. The van der Waals surface area contributed by atoms with E-state index in [0.29, 0.717) is 11.7 Å². The Morgan fingerprint density at radius 1 is 1.00 bits per heavy atom. The van der Waals surface area contributed by atoms with Crippen LogP contribution in [0.15, 0.2) is 12.1 Å². The van der Waals surface area contributed by atoms with Crippen LogP contribution in [0.4, 0.5) is 0 Å². The fourth-order valence-electron chi connectivity index (χ4n) is 2.21. The molecule has 1 atom stereocenters. The molecule has 1 aromatic rings. The lowest BCUT2D eigenvalue weighted by Gasteiger charge is -2.18. The Kier molecular flexibility index (Phi) is 6.50. The van der Waals surface area contributed by atoms with Gasteiger partial charge in [0, 0.05) is 6.07 Å². The summed E-state index contributed by atoms with van der Waals surface area (Å²) in [6.45, 7) is 3.20. The van der Waals surface area contributed by atoms with Crippen molar-refractivity contribution in [1.82, 2.24) is 5.32 Å². The Labute approximate surface area is 116 Å². The highest BCUT2D eigenvalue weighted by Crippen LogP contribution is 2.35. The number of benzene rings is 1. The van der Waals surface area contributed by atoms with Gasteiger partial charge in [-0.05, 0) is 37.6 Å². The van der Waals surface area contributed by atoms with Crippen molar-refractivity contribution in [1.29, 1.82) is 0 Å². The lowest BCUT2D eigenvalue weighted by Crippen LogP contribution is -2.20. The van der Waals surface area contributed by atoms with Crippen molar-refractivity contribution in [3.63, 3.8) is 0 Å². The molecule has 0 amide bonds. The van der Waals surface area contributed by atoms with Crippen molar-refractivity contribution in [3.05, 3.63) is 17.7 Å². The van der Waals surface area contributed by atoms with Crippen LogP contribution in [0.5, 0.6) is 17.2 Å². The molecule has 0 saturated carbocycles. The van der Waals surface area contributed by atoms with E-state index in [-0.39, 0.29) is 0 Å². The monoisotopic (exact) mass is 267 g/mol. The summed E-state index contributed by atoms with van der Waals surface area (Å²) >= 11 is 0. The summed E-state index contributed by atoms with van der Waals surface area (Å²) < 4.78 is 16.1. The quantitative estimate of drug-likeness (QED) is 0.785. The van der Waals surface area contributed by atoms with Crippen molar-refractivity contribution in [2.45, 2.75) is 19.8 Å². The van der Waals surface area contributed by atoms with E-state index in [2.05, 4.69) is 12.2 Å². The van der Waals surface area contributed by atoms with E-state index in [0.717, 1.165) is 36.4 Å². The highest BCUT2D eigenvalue weighted by Gasteiger charge is 2.15. The molecule has 1 rings (SSSR count). The highest BCUT2D eigenvalue weighted by atomic mass is 16.5. The van der Waals surface area contributed by atoms with Crippen LogP contribution in [-0.4, -0.2) is 34.9 Å². The van der Waals surface area contributed by atoms with Crippen molar-refractivity contribution >= 4 is 0 Å². The van der Waals surface area contributed by atoms with Crippen LogP contribution in [0.2, 0.25) is 0 Å². The Morgan fingerprint density at radius 2 is 1.58 bits per heavy atom. The molecule has 4 nitrogen and oxygen atoms in total. The molecule has 0 spiro atoms. The Hall–Kier alpha value is -1.42. The van der Waals surface area contributed by atoms with Gasteiger partial charge in [-0.1, -0.05) is 13.3 Å². The molecular formula is C15H25NO3. The molecule has 0 fully saturated rings. The SMILES string of the molecule is CCC(CNC)Cc1cc(OC)c(OC)cc1OC. The van der Waals surface area contributed by atoms with Gasteiger partial charge in [0.2, 0.25) is 0 Å². The van der Waals surface area contributed by atoms with Gasteiger partial charge in [0.25, 0.3) is 0 Å². The van der Waals surface area contributed by atoms with Crippen LogP contribution in [0.25, 0.3) is 0 Å². The molecule has 1 unspecified atom stereocenters. The lowest BCUT2D eigenvalue weighted by molar-refractivity contribution is 0.346. The fourth-order valence-corrected chi connectivity index (χ4v) is 2.21. The van der Waals surface area contributed by atoms with Gasteiger partial charge >= 0.3 is 0 Å². The zero-order valence-corrected chi connectivity index (χ0v) is 12.6. The third-order valence-electron chi connectivity index (χ3n) is 3.37. The maximum absolute atomic E-state index is 5.45. The zero-order valence-electron chi connectivity index (χ0n) is 12.6. The first-order valence-electron chi connectivity index (χ1n) is 6.63. The molecule has 0 heterocycles. The van der Waals surface area contributed by atoms with Gasteiger partial charge in [-0.25, -0.2) is 0 Å². The minimum atomic E-state index is 0.581. The molecule has 0 aromatic heterocycles. The van der Waals surface area contributed by atoms with Crippen LogP contribution in [0.1, 0.15) is 18.9 Å². The van der Waals surface area contributed by atoms with Gasteiger partial charge in [-0.15, -0.1) is 0 Å². The summed E-state index contributed by atoms with van der Waals surface area (Å²) in [4.78, 5) is 0. The molecule has 4 heteroatoms. The number of nitrogens with one attached hydrogen (secondary N) is 1. The first-order valence-corrected chi connectivity index (χ1v) is 6.63. The predicted octanol–water partition coefficient (Wildman–Crippen LogP) is 2.50. The van der Waals surface area contributed by atoms with Crippen LogP contribution in [0.3, 0.4) is 0 Å². The summed E-state index contributed by atoms with van der Waals surface area (Å²) in [5.41, 5.74) is 1.15. The molecule has 0 aliphatic carbocycles. The van der Waals surface area contributed by atoms with Crippen LogP contribution in [0, 0.1) is 5.92 Å². The van der Waals surface area contributed by atoms with Crippen LogP contribution < -0.4 is 19.5 Å². The molecule has 1 N–H and O–H groups in total. The second-order valence-electron chi connectivity index (χ2n) is 4.56. The topological polar surface area (TPSA) is 39.7 Å². The molecule has 19 heavy (non-hydrogen) atoms. The van der Waals surface area contributed by atoms with E-state index in [1.54, 1.807) is 21.3 Å². The first-order chi connectivity index (χ1) is 9.19. The summed E-state index contributed by atoms with van der Waals surface area (Å²) in [6, 6.07) is 3.90. The van der Waals surface area contributed by atoms with Gasteiger partial charge in [-0.2, -0.15) is 0 Å². The Morgan fingerprint density at radius 3 is 2.05 bits per heavy atom. The second kappa shape index (κ2) is 7.89. The predicted molar refractivity (Wildman–Crippen MR) is 77.5 cm³/mol. The maximum Gasteiger partial charge on any atom is 0.164 e. The molecule has 0 saturated heterocycles. The highest BCUT2D eigenvalue weighted by molar-refractivity contribution is 5.50. The third-order valence-corrected chi connectivity index (χ3v) is 3.37. The first kappa shape index (κ1) is 15.6. The van der Waals surface area contributed by atoms with E-state index >= 15 is 0 Å². The summed E-state index contributed by atoms with van der Waals surface area (Å²) in [5, 5.41) is 3.23. The lowest BCUT2D eigenvalue weighted by atomic mass is 9.96. The molecular weight excluding hydrogens is 242 g/mol. The van der Waals surface area contributed by atoms with Crippen molar-refractivity contribution < 1.29 is 14.2 Å². The molecule has 0 aliphatic heterocycles. The normalized spacial score (nSPS) is 12.1. The van der Waals surface area contributed by atoms with Crippen molar-refractivity contribution in [2.24, 2.45) is 5.92 Å². The molecule has 0 radical (unpaired) electrons. The molecule has 108 valence electrons. The largest absolute Gasteiger partial charge is 0.496 e. The smallest absolute Gasteiger partial charge is 0.164 e. The molecule has 1 aromatic carbocycles. The van der Waals surface area contributed by atoms with E-state index < -0.39 is 0 Å². The Balaban J connectivity index is 3.03. The van der Waals surface area contributed by atoms with Gasteiger partial charge in [0.05, 0.1) is 21.3 Å². The van der Waals surface area contributed by atoms with Gasteiger partial charge in [0.1, 0.15) is 5.75 Å².